The summed E-state index contributed by atoms with van der Waals surface area (Å²) in [6.45, 7) is 2.50. The SMILES string of the molecule is CC1CCCCN1S(=O)(=O)NC1c2ccccc2CC1O. The lowest BCUT2D eigenvalue weighted by atomic mass is 10.1. The van der Waals surface area contributed by atoms with E-state index in [0.717, 1.165) is 30.4 Å². The fraction of sp³-hybridized carbons (Fsp3) is 0.600. The molecule has 6 heteroatoms. The van der Waals surface area contributed by atoms with Crippen LogP contribution in [-0.2, 0) is 16.6 Å². The molecule has 21 heavy (non-hydrogen) atoms. The van der Waals surface area contributed by atoms with Crippen molar-refractivity contribution in [2.75, 3.05) is 6.54 Å². The molecule has 116 valence electrons. The second-order valence-electron chi connectivity index (χ2n) is 6.03. The van der Waals surface area contributed by atoms with Gasteiger partial charge in [-0.3, -0.25) is 0 Å². The van der Waals surface area contributed by atoms with Crippen molar-refractivity contribution in [2.45, 2.75) is 50.8 Å². The van der Waals surface area contributed by atoms with Crippen LogP contribution in [0.5, 0.6) is 0 Å². The minimum Gasteiger partial charge on any atom is -0.391 e. The third-order valence-corrected chi connectivity index (χ3v) is 6.24. The Bertz CT molecular complexity index is 617. The predicted octanol–water partition coefficient (Wildman–Crippen LogP) is 1.35. The molecule has 3 unspecified atom stereocenters. The van der Waals surface area contributed by atoms with E-state index in [2.05, 4.69) is 4.72 Å². The van der Waals surface area contributed by atoms with Crippen molar-refractivity contribution >= 4 is 10.2 Å². The molecule has 1 aliphatic heterocycles. The molecule has 2 N–H and O–H groups in total. The van der Waals surface area contributed by atoms with E-state index in [0.29, 0.717) is 13.0 Å². The summed E-state index contributed by atoms with van der Waals surface area (Å²) < 4.78 is 29.5. The highest BCUT2D eigenvalue weighted by Crippen LogP contribution is 2.32. The van der Waals surface area contributed by atoms with E-state index < -0.39 is 22.4 Å². The number of hydrogen-bond donors (Lipinski definition) is 2. The number of rotatable bonds is 3. The number of fused-ring (bicyclic) bond motifs is 1. The quantitative estimate of drug-likeness (QED) is 0.885. The van der Waals surface area contributed by atoms with Crippen LogP contribution in [0.1, 0.15) is 43.4 Å². The summed E-state index contributed by atoms with van der Waals surface area (Å²) in [5.74, 6) is 0. The Kier molecular flexibility index (Phi) is 4.05. The van der Waals surface area contributed by atoms with E-state index in [1.54, 1.807) is 0 Å². The third kappa shape index (κ3) is 2.85. The summed E-state index contributed by atoms with van der Waals surface area (Å²) in [6.07, 6.45) is 2.66. The Morgan fingerprint density at radius 3 is 2.81 bits per heavy atom. The first-order valence-electron chi connectivity index (χ1n) is 7.54. The highest BCUT2D eigenvalue weighted by Gasteiger charge is 2.37. The summed E-state index contributed by atoms with van der Waals surface area (Å²) in [4.78, 5) is 0. The Labute approximate surface area is 126 Å². The summed E-state index contributed by atoms with van der Waals surface area (Å²) in [7, 11) is -3.57. The van der Waals surface area contributed by atoms with Gasteiger partial charge in [-0.05, 0) is 30.9 Å². The predicted molar refractivity (Wildman–Crippen MR) is 81.0 cm³/mol. The fourth-order valence-electron chi connectivity index (χ4n) is 3.37. The largest absolute Gasteiger partial charge is 0.391 e. The van der Waals surface area contributed by atoms with Crippen molar-refractivity contribution in [3.05, 3.63) is 35.4 Å². The average molecular weight is 310 g/mol. The molecule has 0 spiro atoms. The molecule has 0 amide bonds. The highest BCUT2D eigenvalue weighted by molar-refractivity contribution is 7.87. The first-order valence-corrected chi connectivity index (χ1v) is 8.98. The normalized spacial score (nSPS) is 30.3. The summed E-state index contributed by atoms with van der Waals surface area (Å²) in [5, 5.41) is 10.2. The first-order chi connectivity index (χ1) is 9.99. The lowest BCUT2D eigenvalue weighted by molar-refractivity contribution is 0.149. The Balaban J connectivity index is 1.82. The Morgan fingerprint density at radius 2 is 2.05 bits per heavy atom. The van der Waals surface area contributed by atoms with Crippen molar-refractivity contribution in [2.24, 2.45) is 0 Å². The number of hydrogen-bond acceptors (Lipinski definition) is 3. The summed E-state index contributed by atoms with van der Waals surface area (Å²) in [6, 6.07) is 7.09. The molecule has 1 aromatic carbocycles. The van der Waals surface area contributed by atoms with Crippen molar-refractivity contribution in [3.63, 3.8) is 0 Å². The van der Waals surface area contributed by atoms with Crippen LogP contribution in [0.15, 0.2) is 24.3 Å². The number of benzene rings is 1. The molecule has 1 aliphatic carbocycles. The van der Waals surface area contributed by atoms with Crippen LogP contribution < -0.4 is 4.72 Å². The van der Waals surface area contributed by atoms with E-state index in [4.69, 9.17) is 0 Å². The number of nitrogens with one attached hydrogen (secondary N) is 1. The average Bonchev–Trinajstić information content (AvgIpc) is 2.75. The molecule has 0 bridgehead atoms. The van der Waals surface area contributed by atoms with Crippen molar-refractivity contribution in [1.82, 2.24) is 9.03 Å². The van der Waals surface area contributed by atoms with Gasteiger partial charge in [0.25, 0.3) is 10.2 Å². The van der Waals surface area contributed by atoms with Gasteiger partial charge in [-0.15, -0.1) is 0 Å². The van der Waals surface area contributed by atoms with E-state index in [-0.39, 0.29) is 6.04 Å². The number of piperidine rings is 1. The van der Waals surface area contributed by atoms with Gasteiger partial charge in [-0.1, -0.05) is 30.7 Å². The molecule has 2 aliphatic rings. The minimum atomic E-state index is -3.57. The van der Waals surface area contributed by atoms with Gasteiger partial charge in [0.1, 0.15) is 0 Å². The standard InChI is InChI=1S/C15H22N2O3S/c1-11-6-4-5-9-17(11)21(19,20)16-15-13-8-3-2-7-12(13)10-14(15)18/h2-3,7-8,11,14-16,18H,4-6,9-10H2,1H3. The summed E-state index contributed by atoms with van der Waals surface area (Å²) >= 11 is 0. The van der Waals surface area contributed by atoms with Gasteiger partial charge >= 0.3 is 0 Å². The van der Waals surface area contributed by atoms with E-state index in [1.807, 2.05) is 31.2 Å². The molecule has 1 heterocycles. The summed E-state index contributed by atoms with van der Waals surface area (Å²) in [5.41, 5.74) is 1.91. The van der Waals surface area contributed by atoms with Crippen molar-refractivity contribution in [1.29, 1.82) is 0 Å². The lowest BCUT2D eigenvalue weighted by Crippen LogP contribution is -2.49. The number of aliphatic hydroxyl groups excluding tert-OH is 1. The molecule has 0 aromatic heterocycles. The zero-order valence-corrected chi connectivity index (χ0v) is 13.0. The maximum atomic E-state index is 12.6. The van der Waals surface area contributed by atoms with Gasteiger partial charge in [0, 0.05) is 19.0 Å². The molecule has 1 fully saturated rings. The smallest absolute Gasteiger partial charge is 0.280 e. The minimum absolute atomic E-state index is 0.0186. The van der Waals surface area contributed by atoms with Gasteiger partial charge in [0.2, 0.25) is 0 Å². The molecule has 1 saturated heterocycles. The van der Waals surface area contributed by atoms with Crippen molar-refractivity contribution in [3.8, 4) is 0 Å². The molecule has 0 saturated carbocycles. The second-order valence-corrected chi connectivity index (χ2v) is 7.68. The number of aliphatic hydroxyl groups is 1. The maximum Gasteiger partial charge on any atom is 0.280 e. The van der Waals surface area contributed by atoms with Gasteiger partial charge < -0.3 is 5.11 Å². The van der Waals surface area contributed by atoms with Crippen LogP contribution in [0, 0.1) is 0 Å². The lowest BCUT2D eigenvalue weighted by Gasteiger charge is -2.33. The Hall–Kier alpha value is -0.950. The molecule has 1 aromatic rings. The zero-order valence-electron chi connectivity index (χ0n) is 12.2. The van der Waals surface area contributed by atoms with Crippen molar-refractivity contribution < 1.29 is 13.5 Å². The molecule has 3 rings (SSSR count). The third-order valence-electron chi connectivity index (χ3n) is 4.53. The Morgan fingerprint density at radius 1 is 1.29 bits per heavy atom. The molecular weight excluding hydrogens is 288 g/mol. The highest BCUT2D eigenvalue weighted by atomic mass is 32.2. The van der Waals surface area contributed by atoms with Crippen LogP contribution in [0.4, 0.5) is 0 Å². The fourth-order valence-corrected chi connectivity index (χ4v) is 5.06. The zero-order chi connectivity index (χ0) is 15.0. The van der Waals surface area contributed by atoms with E-state index in [9.17, 15) is 13.5 Å². The van der Waals surface area contributed by atoms with Gasteiger partial charge in [0.05, 0.1) is 12.1 Å². The van der Waals surface area contributed by atoms with Gasteiger partial charge in [-0.25, -0.2) is 0 Å². The van der Waals surface area contributed by atoms with Crippen LogP contribution in [0.25, 0.3) is 0 Å². The van der Waals surface area contributed by atoms with Crippen LogP contribution >= 0.6 is 0 Å². The van der Waals surface area contributed by atoms with E-state index in [1.165, 1.54) is 4.31 Å². The molecule has 0 radical (unpaired) electrons. The first kappa shape index (κ1) is 15.0. The van der Waals surface area contributed by atoms with Gasteiger partial charge in [0.15, 0.2) is 0 Å². The second kappa shape index (κ2) is 5.68. The van der Waals surface area contributed by atoms with Crippen LogP contribution in [0.2, 0.25) is 0 Å². The van der Waals surface area contributed by atoms with E-state index >= 15 is 0 Å². The topological polar surface area (TPSA) is 69.6 Å². The van der Waals surface area contributed by atoms with Crippen LogP contribution in [-0.4, -0.2) is 36.5 Å². The molecule has 5 nitrogen and oxygen atoms in total. The van der Waals surface area contributed by atoms with Gasteiger partial charge in [-0.2, -0.15) is 17.4 Å². The monoisotopic (exact) mass is 310 g/mol. The molecule has 3 atom stereocenters. The molecular formula is C15H22N2O3S. The number of nitrogens with zero attached hydrogens (tertiary/aromatic N) is 1. The maximum absolute atomic E-state index is 12.6. The van der Waals surface area contributed by atoms with Crippen LogP contribution in [0.3, 0.4) is 0 Å².